The molecule has 4 nitrogen and oxygen atoms in total. The second-order valence-corrected chi connectivity index (χ2v) is 5.99. The third-order valence-corrected chi connectivity index (χ3v) is 4.03. The number of aliphatic hydroxyl groups is 1. The second-order valence-electron chi connectivity index (χ2n) is 5.99. The van der Waals surface area contributed by atoms with Crippen LogP contribution in [0.1, 0.15) is 46.5 Å². The fourth-order valence-electron chi connectivity index (χ4n) is 2.46. The van der Waals surface area contributed by atoms with Crippen LogP contribution in [0.4, 0.5) is 0 Å². The van der Waals surface area contributed by atoms with E-state index in [1.165, 1.54) is 25.7 Å². The van der Waals surface area contributed by atoms with E-state index in [1.807, 2.05) is 13.8 Å². The minimum Gasteiger partial charge on any atom is -0.389 e. The highest BCUT2D eigenvalue weighted by Crippen LogP contribution is 2.42. The number of nitrogens with one attached hydrogen (secondary N) is 1. The van der Waals surface area contributed by atoms with E-state index in [0.29, 0.717) is 31.8 Å². The Hall–Kier alpha value is -0.160. The van der Waals surface area contributed by atoms with Crippen molar-refractivity contribution in [3.8, 4) is 0 Å². The molecule has 2 N–H and O–H groups in total. The van der Waals surface area contributed by atoms with Gasteiger partial charge in [-0.3, -0.25) is 0 Å². The zero-order valence-corrected chi connectivity index (χ0v) is 12.8. The second kappa shape index (κ2) is 8.90. The van der Waals surface area contributed by atoms with Crippen molar-refractivity contribution >= 4 is 0 Å². The first-order valence-electron chi connectivity index (χ1n) is 7.66. The minimum absolute atomic E-state index is 0.239. The van der Waals surface area contributed by atoms with Gasteiger partial charge in [0.2, 0.25) is 0 Å². The number of rotatable bonds is 11. The van der Waals surface area contributed by atoms with Gasteiger partial charge in [0.15, 0.2) is 0 Å². The topological polar surface area (TPSA) is 50.7 Å². The Labute approximate surface area is 117 Å². The summed E-state index contributed by atoms with van der Waals surface area (Å²) in [6.45, 7) is 9.43. The summed E-state index contributed by atoms with van der Waals surface area (Å²) >= 11 is 0. The normalized spacial score (nSPS) is 19.4. The highest BCUT2D eigenvalue weighted by Gasteiger charge is 2.34. The molecule has 1 aliphatic rings. The molecule has 4 heteroatoms. The monoisotopic (exact) mass is 273 g/mol. The fourth-order valence-corrected chi connectivity index (χ4v) is 2.46. The third-order valence-electron chi connectivity index (χ3n) is 4.03. The number of hydrogen-bond donors (Lipinski definition) is 2. The standard InChI is InChI=1S/C15H31NO3/c1-4-15(6-5-7-15)12-16-10-14(17)11-18-8-9-19-13(2)3/h13-14,16-17H,4-12H2,1-3H3. The van der Waals surface area contributed by atoms with Crippen LogP contribution < -0.4 is 5.32 Å². The lowest BCUT2D eigenvalue weighted by Gasteiger charge is -2.41. The largest absolute Gasteiger partial charge is 0.389 e. The molecule has 0 spiro atoms. The number of aliphatic hydroxyl groups excluding tert-OH is 1. The Morgan fingerprint density at radius 2 is 2.00 bits per heavy atom. The highest BCUT2D eigenvalue weighted by atomic mass is 16.5. The molecule has 1 saturated carbocycles. The van der Waals surface area contributed by atoms with E-state index in [4.69, 9.17) is 9.47 Å². The molecule has 0 heterocycles. The Kier molecular flexibility index (Phi) is 7.91. The summed E-state index contributed by atoms with van der Waals surface area (Å²) in [4.78, 5) is 0. The molecule has 1 atom stereocenters. The maximum atomic E-state index is 9.79. The molecular weight excluding hydrogens is 242 g/mol. The van der Waals surface area contributed by atoms with E-state index in [0.717, 1.165) is 6.54 Å². The van der Waals surface area contributed by atoms with E-state index < -0.39 is 6.10 Å². The summed E-state index contributed by atoms with van der Waals surface area (Å²) in [6, 6.07) is 0. The predicted molar refractivity (Wildman–Crippen MR) is 77.4 cm³/mol. The van der Waals surface area contributed by atoms with Crippen molar-refractivity contribution < 1.29 is 14.6 Å². The van der Waals surface area contributed by atoms with Gasteiger partial charge < -0.3 is 19.9 Å². The summed E-state index contributed by atoms with van der Waals surface area (Å²) in [7, 11) is 0. The third kappa shape index (κ3) is 6.70. The molecule has 0 saturated heterocycles. The van der Waals surface area contributed by atoms with Gasteiger partial charge in [0.1, 0.15) is 0 Å². The molecule has 0 aromatic heterocycles. The van der Waals surface area contributed by atoms with Crippen molar-refractivity contribution in [3.05, 3.63) is 0 Å². The molecule has 0 aromatic rings. The number of hydrogen-bond acceptors (Lipinski definition) is 4. The van der Waals surface area contributed by atoms with Gasteiger partial charge >= 0.3 is 0 Å². The Morgan fingerprint density at radius 1 is 1.26 bits per heavy atom. The van der Waals surface area contributed by atoms with Crippen LogP contribution in [0.25, 0.3) is 0 Å². The first kappa shape index (κ1) is 16.9. The molecule has 0 bridgehead atoms. The Bertz CT molecular complexity index is 224. The molecule has 19 heavy (non-hydrogen) atoms. The van der Waals surface area contributed by atoms with Gasteiger partial charge in [0.25, 0.3) is 0 Å². The van der Waals surface area contributed by atoms with Crippen LogP contribution in [0.5, 0.6) is 0 Å². The SMILES string of the molecule is CCC1(CNCC(O)COCCOC(C)C)CCC1. The molecule has 0 amide bonds. The van der Waals surface area contributed by atoms with Crippen LogP contribution in [0.2, 0.25) is 0 Å². The van der Waals surface area contributed by atoms with E-state index in [9.17, 15) is 5.11 Å². The first-order chi connectivity index (χ1) is 9.08. The molecule has 1 unspecified atom stereocenters. The van der Waals surface area contributed by atoms with E-state index >= 15 is 0 Å². The van der Waals surface area contributed by atoms with Crippen molar-refractivity contribution in [1.29, 1.82) is 0 Å². The van der Waals surface area contributed by atoms with Crippen LogP contribution in [0.3, 0.4) is 0 Å². The van der Waals surface area contributed by atoms with E-state index in [-0.39, 0.29) is 6.10 Å². The molecule has 0 aromatic carbocycles. The summed E-state index contributed by atoms with van der Waals surface area (Å²) in [6.07, 6.45) is 5.07. The average Bonchev–Trinajstić information content (AvgIpc) is 2.32. The molecule has 1 rings (SSSR count). The van der Waals surface area contributed by atoms with Crippen LogP contribution in [-0.2, 0) is 9.47 Å². The predicted octanol–water partition coefficient (Wildman–Crippen LogP) is 1.96. The molecule has 0 radical (unpaired) electrons. The minimum atomic E-state index is -0.423. The van der Waals surface area contributed by atoms with Crippen LogP contribution in [0, 0.1) is 5.41 Å². The summed E-state index contributed by atoms with van der Waals surface area (Å²) < 4.78 is 10.7. The van der Waals surface area contributed by atoms with Gasteiger partial charge in [0, 0.05) is 13.1 Å². The zero-order valence-electron chi connectivity index (χ0n) is 12.8. The highest BCUT2D eigenvalue weighted by molar-refractivity contribution is 4.88. The smallest absolute Gasteiger partial charge is 0.0897 e. The quantitative estimate of drug-likeness (QED) is 0.565. The van der Waals surface area contributed by atoms with Gasteiger partial charge in [-0.1, -0.05) is 13.3 Å². The van der Waals surface area contributed by atoms with Gasteiger partial charge in [-0.25, -0.2) is 0 Å². The molecule has 0 aliphatic heterocycles. The Balaban J connectivity index is 1.94. The van der Waals surface area contributed by atoms with Gasteiger partial charge in [0.05, 0.1) is 32.0 Å². The maximum Gasteiger partial charge on any atom is 0.0897 e. The first-order valence-corrected chi connectivity index (χ1v) is 7.66. The van der Waals surface area contributed by atoms with Crippen molar-refractivity contribution in [2.45, 2.75) is 58.7 Å². The van der Waals surface area contributed by atoms with Crippen molar-refractivity contribution in [2.75, 3.05) is 32.9 Å². The number of ether oxygens (including phenoxy) is 2. The summed E-state index contributed by atoms with van der Waals surface area (Å²) in [5.41, 5.74) is 0.506. The zero-order chi connectivity index (χ0) is 14.1. The van der Waals surface area contributed by atoms with Gasteiger partial charge in [-0.15, -0.1) is 0 Å². The fraction of sp³-hybridized carbons (Fsp3) is 1.00. The van der Waals surface area contributed by atoms with Crippen LogP contribution >= 0.6 is 0 Å². The lowest BCUT2D eigenvalue weighted by atomic mass is 9.67. The van der Waals surface area contributed by atoms with E-state index in [1.54, 1.807) is 0 Å². The lowest BCUT2D eigenvalue weighted by molar-refractivity contribution is -0.0111. The summed E-state index contributed by atoms with van der Waals surface area (Å²) in [5, 5.41) is 13.2. The molecular formula is C15H31NO3. The van der Waals surface area contributed by atoms with Crippen molar-refractivity contribution in [2.24, 2.45) is 5.41 Å². The molecule has 1 aliphatic carbocycles. The molecule has 114 valence electrons. The van der Waals surface area contributed by atoms with Crippen molar-refractivity contribution in [1.82, 2.24) is 5.32 Å². The van der Waals surface area contributed by atoms with Crippen LogP contribution in [-0.4, -0.2) is 50.2 Å². The van der Waals surface area contributed by atoms with Crippen molar-refractivity contribution in [3.63, 3.8) is 0 Å². The van der Waals surface area contributed by atoms with Gasteiger partial charge in [-0.2, -0.15) is 0 Å². The Morgan fingerprint density at radius 3 is 2.53 bits per heavy atom. The lowest BCUT2D eigenvalue weighted by Crippen LogP contribution is -2.42. The summed E-state index contributed by atoms with van der Waals surface area (Å²) in [5.74, 6) is 0. The molecule has 1 fully saturated rings. The van der Waals surface area contributed by atoms with Gasteiger partial charge in [-0.05, 0) is 38.5 Å². The van der Waals surface area contributed by atoms with Crippen LogP contribution in [0.15, 0.2) is 0 Å². The van der Waals surface area contributed by atoms with E-state index in [2.05, 4.69) is 12.2 Å². The average molecular weight is 273 g/mol. The maximum absolute atomic E-state index is 9.79.